The van der Waals surface area contributed by atoms with Crippen molar-refractivity contribution in [1.82, 2.24) is 4.90 Å². The predicted octanol–water partition coefficient (Wildman–Crippen LogP) is 0.808. The number of nitrogens with zero attached hydrogens (tertiary/aromatic N) is 1. The Morgan fingerprint density at radius 1 is 1.43 bits per heavy atom. The van der Waals surface area contributed by atoms with Crippen LogP contribution in [0, 0.1) is 5.92 Å². The summed E-state index contributed by atoms with van der Waals surface area (Å²) in [7, 11) is 0. The molecule has 1 saturated heterocycles. The third-order valence-electron chi connectivity index (χ3n) is 2.28. The lowest BCUT2D eigenvalue weighted by Crippen LogP contribution is -2.33. The number of carbonyl (C=O) groups is 2. The Morgan fingerprint density at radius 3 is 2.64 bits per heavy atom. The minimum Gasteiger partial charge on any atom is -0.380 e. The predicted molar refractivity (Wildman–Crippen MR) is 51.6 cm³/mol. The number of hydrogen-bond acceptors (Lipinski definition) is 3. The van der Waals surface area contributed by atoms with E-state index in [1.807, 2.05) is 6.92 Å². The minimum absolute atomic E-state index is 0.0601. The Balaban J connectivity index is 2.30. The highest BCUT2D eigenvalue weighted by Gasteiger charge is 2.34. The van der Waals surface area contributed by atoms with E-state index in [1.165, 1.54) is 4.90 Å². The Kier molecular flexibility index (Phi) is 4.07. The first kappa shape index (κ1) is 11.2. The van der Waals surface area contributed by atoms with Gasteiger partial charge in [0.05, 0.1) is 13.2 Å². The summed E-state index contributed by atoms with van der Waals surface area (Å²) < 4.78 is 5.23. The molecule has 1 aliphatic rings. The molecule has 0 aliphatic carbocycles. The Morgan fingerprint density at radius 2 is 2.14 bits per heavy atom. The largest absolute Gasteiger partial charge is 0.380 e. The van der Waals surface area contributed by atoms with Crippen molar-refractivity contribution in [2.45, 2.75) is 26.7 Å². The van der Waals surface area contributed by atoms with Gasteiger partial charge in [0.1, 0.15) is 0 Å². The normalized spacial score (nSPS) is 22.1. The van der Waals surface area contributed by atoms with Crippen LogP contribution in [-0.4, -0.2) is 36.5 Å². The van der Waals surface area contributed by atoms with E-state index in [1.54, 1.807) is 6.92 Å². The van der Waals surface area contributed by atoms with Gasteiger partial charge in [0.2, 0.25) is 11.8 Å². The van der Waals surface area contributed by atoms with E-state index in [0.29, 0.717) is 26.2 Å². The monoisotopic (exact) mass is 199 g/mol. The topological polar surface area (TPSA) is 46.6 Å². The van der Waals surface area contributed by atoms with Crippen molar-refractivity contribution in [3.63, 3.8) is 0 Å². The second kappa shape index (κ2) is 5.10. The van der Waals surface area contributed by atoms with Crippen LogP contribution in [0.25, 0.3) is 0 Å². The van der Waals surface area contributed by atoms with Crippen molar-refractivity contribution < 1.29 is 14.3 Å². The zero-order valence-corrected chi connectivity index (χ0v) is 8.78. The van der Waals surface area contributed by atoms with E-state index in [4.69, 9.17) is 4.74 Å². The van der Waals surface area contributed by atoms with E-state index in [2.05, 4.69) is 0 Å². The summed E-state index contributed by atoms with van der Waals surface area (Å²) in [6.07, 6.45) is 1.31. The van der Waals surface area contributed by atoms with Gasteiger partial charge < -0.3 is 4.74 Å². The van der Waals surface area contributed by atoms with Crippen LogP contribution in [0.2, 0.25) is 0 Å². The van der Waals surface area contributed by atoms with Crippen LogP contribution < -0.4 is 0 Å². The molecular weight excluding hydrogens is 182 g/mol. The number of carbonyl (C=O) groups excluding carboxylic acids is 2. The second-order valence-corrected chi connectivity index (χ2v) is 3.60. The molecule has 0 radical (unpaired) electrons. The molecule has 1 atom stereocenters. The van der Waals surface area contributed by atoms with Crippen molar-refractivity contribution in [1.29, 1.82) is 0 Å². The molecule has 0 aromatic rings. The van der Waals surface area contributed by atoms with Crippen molar-refractivity contribution in [3.05, 3.63) is 0 Å². The van der Waals surface area contributed by atoms with E-state index < -0.39 is 0 Å². The summed E-state index contributed by atoms with van der Waals surface area (Å²) in [4.78, 5) is 24.0. The van der Waals surface area contributed by atoms with Crippen LogP contribution in [0.1, 0.15) is 26.7 Å². The van der Waals surface area contributed by atoms with E-state index in [0.717, 1.165) is 6.42 Å². The average molecular weight is 199 g/mol. The molecule has 1 fully saturated rings. The van der Waals surface area contributed by atoms with Crippen LogP contribution in [0.4, 0.5) is 0 Å². The zero-order valence-electron chi connectivity index (χ0n) is 8.78. The molecule has 1 unspecified atom stereocenters. The first-order chi connectivity index (χ1) is 6.66. The fourth-order valence-corrected chi connectivity index (χ4v) is 1.49. The van der Waals surface area contributed by atoms with Gasteiger partial charge in [-0.15, -0.1) is 0 Å². The van der Waals surface area contributed by atoms with Gasteiger partial charge in [0.15, 0.2) is 0 Å². The van der Waals surface area contributed by atoms with Crippen molar-refractivity contribution in [2.24, 2.45) is 5.92 Å². The molecule has 0 aromatic heterocycles. The summed E-state index contributed by atoms with van der Waals surface area (Å²) in [6.45, 7) is 5.35. The van der Waals surface area contributed by atoms with Crippen molar-refractivity contribution >= 4 is 11.8 Å². The smallest absolute Gasteiger partial charge is 0.232 e. The standard InChI is InChI=1S/C10H17NO3/c1-3-5-14-6-4-11-9(12)7-8(2)10(11)13/h8H,3-7H2,1-2H3. The van der Waals surface area contributed by atoms with Gasteiger partial charge in [-0.1, -0.05) is 13.8 Å². The summed E-state index contributed by atoms with van der Waals surface area (Å²) in [5.41, 5.74) is 0. The summed E-state index contributed by atoms with van der Waals surface area (Å²) in [5.74, 6) is -0.272. The fourth-order valence-electron chi connectivity index (χ4n) is 1.49. The Bertz CT molecular complexity index is 227. The molecule has 1 heterocycles. The maximum absolute atomic E-state index is 11.4. The molecule has 1 aliphatic heterocycles. The number of hydrogen-bond donors (Lipinski definition) is 0. The van der Waals surface area contributed by atoms with Crippen molar-refractivity contribution in [3.8, 4) is 0 Å². The summed E-state index contributed by atoms with van der Waals surface area (Å²) in [6, 6.07) is 0. The SMILES string of the molecule is CCCOCCN1C(=O)CC(C)C1=O. The van der Waals surface area contributed by atoms with Gasteiger partial charge in [0, 0.05) is 18.9 Å². The molecule has 0 aromatic carbocycles. The Labute approximate surface area is 84.2 Å². The molecule has 1 rings (SSSR count). The lowest BCUT2D eigenvalue weighted by atomic mass is 10.1. The van der Waals surface area contributed by atoms with Crippen LogP contribution in [0.5, 0.6) is 0 Å². The van der Waals surface area contributed by atoms with Crippen LogP contribution in [-0.2, 0) is 14.3 Å². The van der Waals surface area contributed by atoms with Crippen molar-refractivity contribution in [2.75, 3.05) is 19.8 Å². The van der Waals surface area contributed by atoms with Gasteiger partial charge >= 0.3 is 0 Å². The molecule has 4 heteroatoms. The number of amides is 2. The van der Waals surface area contributed by atoms with Crippen LogP contribution in [0.3, 0.4) is 0 Å². The number of imide groups is 1. The number of rotatable bonds is 5. The maximum atomic E-state index is 11.4. The molecule has 0 bridgehead atoms. The maximum Gasteiger partial charge on any atom is 0.232 e. The third-order valence-corrected chi connectivity index (χ3v) is 2.28. The first-order valence-electron chi connectivity index (χ1n) is 5.08. The van der Waals surface area contributed by atoms with E-state index in [-0.39, 0.29) is 17.7 Å². The minimum atomic E-state index is -0.145. The molecule has 80 valence electrons. The van der Waals surface area contributed by atoms with Crippen LogP contribution >= 0.6 is 0 Å². The molecule has 14 heavy (non-hydrogen) atoms. The number of likely N-dealkylation sites (tertiary alicyclic amines) is 1. The average Bonchev–Trinajstić information content (AvgIpc) is 2.38. The number of ether oxygens (including phenoxy) is 1. The van der Waals surface area contributed by atoms with Gasteiger partial charge in [-0.25, -0.2) is 0 Å². The first-order valence-corrected chi connectivity index (χ1v) is 5.08. The van der Waals surface area contributed by atoms with Gasteiger partial charge in [-0.05, 0) is 6.42 Å². The fraction of sp³-hybridized carbons (Fsp3) is 0.800. The quantitative estimate of drug-likeness (QED) is 0.486. The molecule has 0 N–H and O–H groups in total. The highest BCUT2D eigenvalue weighted by molar-refractivity contribution is 6.03. The zero-order chi connectivity index (χ0) is 10.6. The third kappa shape index (κ3) is 2.54. The van der Waals surface area contributed by atoms with Gasteiger partial charge in [0.25, 0.3) is 0 Å². The highest BCUT2D eigenvalue weighted by atomic mass is 16.5. The van der Waals surface area contributed by atoms with Gasteiger partial charge in [-0.3, -0.25) is 14.5 Å². The molecule has 0 saturated carbocycles. The summed E-state index contributed by atoms with van der Waals surface area (Å²) in [5, 5.41) is 0. The highest BCUT2D eigenvalue weighted by Crippen LogP contribution is 2.17. The lowest BCUT2D eigenvalue weighted by Gasteiger charge is -2.13. The molecule has 0 spiro atoms. The molecule has 2 amide bonds. The van der Waals surface area contributed by atoms with E-state index in [9.17, 15) is 9.59 Å². The van der Waals surface area contributed by atoms with E-state index >= 15 is 0 Å². The molecule has 4 nitrogen and oxygen atoms in total. The van der Waals surface area contributed by atoms with Gasteiger partial charge in [-0.2, -0.15) is 0 Å². The van der Waals surface area contributed by atoms with Crippen LogP contribution in [0.15, 0.2) is 0 Å². The second-order valence-electron chi connectivity index (χ2n) is 3.60. The molecular formula is C10H17NO3. The lowest BCUT2D eigenvalue weighted by molar-refractivity contribution is -0.140. The Hall–Kier alpha value is -0.900. The summed E-state index contributed by atoms with van der Waals surface area (Å²) >= 11 is 0.